The summed E-state index contributed by atoms with van der Waals surface area (Å²) in [6.07, 6.45) is 3.71. The first-order chi connectivity index (χ1) is 9.10. The van der Waals surface area contributed by atoms with E-state index in [-0.39, 0.29) is 25.3 Å². The predicted octanol–water partition coefficient (Wildman–Crippen LogP) is 1.41. The molecule has 0 bridgehead atoms. The van der Waals surface area contributed by atoms with E-state index in [1.54, 1.807) is 6.92 Å². The van der Waals surface area contributed by atoms with E-state index in [1.807, 2.05) is 0 Å². The first-order valence-electron chi connectivity index (χ1n) is 5.75. The van der Waals surface area contributed by atoms with Gasteiger partial charge in [-0.1, -0.05) is 6.08 Å². The summed E-state index contributed by atoms with van der Waals surface area (Å²) in [5.41, 5.74) is -0.138. The molecule has 102 valence electrons. The van der Waals surface area contributed by atoms with Crippen LogP contribution in [-0.4, -0.2) is 41.5 Å². The Morgan fingerprint density at radius 1 is 1.58 bits per heavy atom. The lowest BCUT2D eigenvalue weighted by atomic mass is 10.2. The van der Waals surface area contributed by atoms with E-state index in [2.05, 4.69) is 11.6 Å². The summed E-state index contributed by atoms with van der Waals surface area (Å²) in [6, 6.07) is 1.26. The summed E-state index contributed by atoms with van der Waals surface area (Å²) in [7, 11) is 0. The quantitative estimate of drug-likeness (QED) is 0.577. The van der Waals surface area contributed by atoms with Gasteiger partial charge < -0.3 is 9.64 Å². The fourth-order valence-electron chi connectivity index (χ4n) is 1.46. The minimum atomic E-state index is -0.731. The number of aromatic nitrogens is 1. The normalized spacial score (nSPS) is 9.79. The third kappa shape index (κ3) is 4.17. The molecule has 0 aliphatic carbocycles. The van der Waals surface area contributed by atoms with Crippen molar-refractivity contribution >= 4 is 11.9 Å². The molecule has 0 fully saturated rings. The summed E-state index contributed by atoms with van der Waals surface area (Å²) < 4.78 is 18.2. The zero-order valence-electron chi connectivity index (χ0n) is 10.6. The van der Waals surface area contributed by atoms with Gasteiger partial charge in [-0.3, -0.25) is 14.6 Å². The summed E-state index contributed by atoms with van der Waals surface area (Å²) in [5, 5.41) is 0. The maximum atomic E-state index is 13.5. The molecule has 1 aromatic rings. The number of hydrogen-bond acceptors (Lipinski definition) is 4. The van der Waals surface area contributed by atoms with Gasteiger partial charge in [0.1, 0.15) is 6.54 Å². The van der Waals surface area contributed by atoms with Gasteiger partial charge in [-0.25, -0.2) is 4.39 Å². The van der Waals surface area contributed by atoms with Crippen molar-refractivity contribution in [3.8, 4) is 0 Å². The third-order valence-electron chi connectivity index (χ3n) is 2.26. The molecular formula is C13H15FN2O3. The number of esters is 1. The molecule has 19 heavy (non-hydrogen) atoms. The second kappa shape index (κ2) is 7.25. The lowest BCUT2D eigenvalue weighted by Gasteiger charge is -2.20. The Kier molecular flexibility index (Phi) is 5.66. The monoisotopic (exact) mass is 266 g/mol. The fourth-order valence-corrected chi connectivity index (χ4v) is 1.46. The number of carbonyl (C=O) groups excluding carboxylic acids is 2. The Hall–Kier alpha value is -2.24. The van der Waals surface area contributed by atoms with Crippen LogP contribution in [0.5, 0.6) is 0 Å². The van der Waals surface area contributed by atoms with Gasteiger partial charge in [-0.2, -0.15) is 0 Å². The molecule has 1 heterocycles. The highest BCUT2D eigenvalue weighted by molar-refractivity contribution is 5.96. The average molecular weight is 266 g/mol. The van der Waals surface area contributed by atoms with E-state index in [0.717, 1.165) is 11.1 Å². The molecule has 0 saturated heterocycles. The maximum absolute atomic E-state index is 13.5. The van der Waals surface area contributed by atoms with Crippen molar-refractivity contribution in [2.24, 2.45) is 0 Å². The van der Waals surface area contributed by atoms with Crippen LogP contribution in [0.4, 0.5) is 4.39 Å². The molecule has 0 N–H and O–H groups in total. The number of hydrogen-bond donors (Lipinski definition) is 0. The third-order valence-corrected chi connectivity index (χ3v) is 2.26. The second-order valence-electron chi connectivity index (χ2n) is 3.63. The standard InChI is InChI=1S/C13H15FN2O3/c1-3-7-16(9-12(17)19-4-2)13(18)10-5-6-15-8-11(10)14/h3,5-6,8H,1,4,7,9H2,2H3. The Morgan fingerprint density at radius 2 is 2.32 bits per heavy atom. The number of carbonyl (C=O) groups is 2. The Labute approximate surface area is 110 Å². The molecule has 5 nitrogen and oxygen atoms in total. The van der Waals surface area contributed by atoms with E-state index in [1.165, 1.54) is 18.3 Å². The number of halogens is 1. The second-order valence-corrected chi connectivity index (χ2v) is 3.63. The van der Waals surface area contributed by atoms with Crippen LogP contribution in [-0.2, 0) is 9.53 Å². The fraction of sp³-hybridized carbons (Fsp3) is 0.308. The average Bonchev–Trinajstić information content (AvgIpc) is 2.38. The van der Waals surface area contributed by atoms with Gasteiger partial charge in [0.15, 0.2) is 5.82 Å². The largest absolute Gasteiger partial charge is 0.465 e. The molecule has 0 saturated carbocycles. The molecule has 1 amide bonds. The topological polar surface area (TPSA) is 59.5 Å². The molecule has 0 aliphatic heterocycles. The lowest BCUT2D eigenvalue weighted by molar-refractivity contribution is -0.143. The van der Waals surface area contributed by atoms with Crippen LogP contribution in [0.25, 0.3) is 0 Å². The van der Waals surface area contributed by atoms with Gasteiger partial charge in [0.25, 0.3) is 5.91 Å². The van der Waals surface area contributed by atoms with Crippen molar-refractivity contribution in [1.82, 2.24) is 9.88 Å². The van der Waals surface area contributed by atoms with Crippen molar-refractivity contribution in [1.29, 1.82) is 0 Å². The summed E-state index contributed by atoms with van der Waals surface area (Å²) in [5.74, 6) is -1.88. The molecule has 1 rings (SSSR count). The van der Waals surface area contributed by atoms with Crippen molar-refractivity contribution < 1.29 is 18.7 Å². The minimum absolute atomic E-state index is 0.124. The number of nitrogens with zero attached hydrogens (tertiary/aromatic N) is 2. The van der Waals surface area contributed by atoms with E-state index < -0.39 is 17.7 Å². The van der Waals surface area contributed by atoms with Gasteiger partial charge in [0.2, 0.25) is 0 Å². The van der Waals surface area contributed by atoms with Crippen molar-refractivity contribution in [3.05, 3.63) is 42.5 Å². The van der Waals surface area contributed by atoms with Gasteiger partial charge in [0.05, 0.1) is 18.4 Å². The SMILES string of the molecule is C=CCN(CC(=O)OCC)C(=O)c1ccncc1F. The maximum Gasteiger partial charge on any atom is 0.325 e. The Bertz CT molecular complexity index is 477. The predicted molar refractivity (Wildman–Crippen MR) is 66.9 cm³/mol. The van der Waals surface area contributed by atoms with Crippen LogP contribution in [0.15, 0.2) is 31.1 Å². The smallest absolute Gasteiger partial charge is 0.325 e. The van der Waals surface area contributed by atoms with Crippen molar-refractivity contribution in [3.63, 3.8) is 0 Å². The van der Waals surface area contributed by atoms with Crippen molar-refractivity contribution in [2.75, 3.05) is 19.7 Å². The summed E-state index contributed by atoms with van der Waals surface area (Å²) >= 11 is 0. The van der Waals surface area contributed by atoms with Gasteiger partial charge >= 0.3 is 5.97 Å². The zero-order valence-corrected chi connectivity index (χ0v) is 10.6. The molecule has 6 heteroatoms. The highest BCUT2D eigenvalue weighted by Gasteiger charge is 2.21. The molecule has 0 spiro atoms. The summed E-state index contributed by atoms with van der Waals surface area (Å²) in [6.45, 7) is 5.26. The minimum Gasteiger partial charge on any atom is -0.465 e. The zero-order chi connectivity index (χ0) is 14.3. The van der Waals surface area contributed by atoms with Crippen LogP contribution in [0.3, 0.4) is 0 Å². The summed E-state index contributed by atoms with van der Waals surface area (Å²) in [4.78, 5) is 28.2. The molecule has 0 unspecified atom stereocenters. The molecule has 1 aromatic heterocycles. The first-order valence-corrected chi connectivity index (χ1v) is 5.75. The van der Waals surface area contributed by atoms with Gasteiger partial charge in [-0.05, 0) is 13.0 Å². The number of rotatable bonds is 6. The Balaban J connectivity index is 2.87. The van der Waals surface area contributed by atoms with E-state index >= 15 is 0 Å². The van der Waals surface area contributed by atoms with Crippen LogP contribution in [0.2, 0.25) is 0 Å². The molecule has 0 radical (unpaired) electrons. The first kappa shape index (κ1) is 14.8. The van der Waals surface area contributed by atoms with E-state index in [4.69, 9.17) is 4.74 Å². The molecular weight excluding hydrogens is 251 g/mol. The molecule has 0 aromatic carbocycles. The molecule has 0 aliphatic rings. The number of ether oxygens (including phenoxy) is 1. The highest BCUT2D eigenvalue weighted by atomic mass is 19.1. The van der Waals surface area contributed by atoms with Gasteiger partial charge in [0, 0.05) is 12.7 Å². The van der Waals surface area contributed by atoms with Crippen LogP contribution in [0.1, 0.15) is 17.3 Å². The Morgan fingerprint density at radius 3 is 2.89 bits per heavy atom. The van der Waals surface area contributed by atoms with Crippen LogP contribution in [0, 0.1) is 5.82 Å². The van der Waals surface area contributed by atoms with Crippen LogP contribution >= 0.6 is 0 Å². The highest BCUT2D eigenvalue weighted by Crippen LogP contribution is 2.09. The van der Waals surface area contributed by atoms with E-state index in [0.29, 0.717) is 0 Å². The number of pyridine rings is 1. The molecule has 0 atom stereocenters. The lowest BCUT2D eigenvalue weighted by Crippen LogP contribution is -2.37. The van der Waals surface area contributed by atoms with E-state index in [9.17, 15) is 14.0 Å². The number of amides is 1. The van der Waals surface area contributed by atoms with Crippen LogP contribution < -0.4 is 0 Å². The van der Waals surface area contributed by atoms with Gasteiger partial charge in [-0.15, -0.1) is 6.58 Å². The van der Waals surface area contributed by atoms with Crippen molar-refractivity contribution in [2.45, 2.75) is 6.92 Å².